The summed E-state index contributed by atoms with van der Waals surface area (Å²) in [4.78, 5) is 32.9. The number of anilines is 4. The summed E-state index contributed by atoms with van der Waals surface area (Å²) in [7, 11) is 1.73. The van der Waals surface area contributed by atoms with Gasteiger partial charge in [-0.2, -0.15) is 5.10 Å². The summed E-state index contributed by atoms with van der Waals surface area (Å²) >= 11 is 0. The number of aryl methyl sites for hydroxylation is 1. The minimum atomic E-state index is -0.506. The number of hydrogen-bond acceptors (Lipinski definition) is 8. The largest absolute Gasteiger partial charge is 0.385 e. The van der Waals surface area contributed by atoms with Crippen LogP contribution in [0.5, 0.6) is 0 Å². The fourth-order valence-electron chi connectivity index (χ4n) is 4.06. The third kappa shape index (κ3) is 6.23. The van der Waals surface area contributed by atoms with E-state index >= 15 is 0 Å². The Hall–Kier alpha value is -3.76. The molecule has 1 aliphatic heterocycles. The van der Waals surface area contributed by atoms with Crippen molar-refractivity contribution in [1.29, 1.82) is 0 Å². The second-order valence-corrected chi connectivity index (χ2v) is 8.46. The zero-order chi connectivity index (χ0) is 24.6. The molecule has 0 radical (unpaired) electrons. The summed E-state index contributed by atoms with van der Waals surface area (Å²) in [5.74, 6) is -0.0244. The molecular weight excluding hydrogens is 446 g/mol. The first kappa shape index (κ1) is 24.4. The number of H-pyrrole nitrogens is 1. The average molecular weight is 478 g/mol. The van der Waals surface area contributed by atoms with Crippen molar-refractivity contribution < 1.29 is 9.53 Å². The van der Waals surface area contributed by atoms with Crippen LogP contribution < -0.4 is 21.1 Å². The number of hydrogen-bond donors (Lipinski definition) is 3. The normalized spacial score (nSPS) is 14.1. The van der Waals surface area contributed by atoms with Crippen LogP contribution in [0.15, 0.2) is 53.6 Å². The van der Waals surface area contributed by atoms with Gasteiger partial charge >= 0.3 is 0 Å². The highest BCUT2D eigenvalue weighted by atomic mass is 16.5. The highest BCUT2D eigenvalue weighted by Crippen LogP contribution is 2.22. The number of aromatic nitrogens is 3. The zero-order valence-corrected chi connectivity index (χ0v) is 20.1. The lowest BCUT2D eigenvalue weighted by atomic mass is 10.2. The van der Waals surface area contributed by atoms with Crippen LogP contribution in [-0.2, 0) is 4.74 Å². The Bertz CT molecular complexity index is 1190. The van der Waals surface area contributed by atoms with Crippen molar-refractivity contribution in [2.45, 2.75) is 13.3 Å². The number of nitrogens with zero attached hydrogens (tertiary/aromatic N) is 4. The predicted octanol–water partition coefficient (Wildman–Crippen LogP) is 2.63. The van der Waals surface area contributed by atoms with Crippen molar-refractivity contribution in [3.05, 3.63) is 70.3 Å². The fourth-order valence-corrected chi connectivity index (χ4v) is 4.06. The summed E-state index contributed by atoms with van der Waals surface area (Å²) in [5, 5.41) is 13.8. The lowest BCUT2D eigenvalue weighted by molar-refractivity contribution is 0.102. The summed E-state index contributed by atoms with van der Waals surface area (Å²) in [6.07, 6.45) is 4.11. The number of carbonyl (C=O) groups excluding carboxylic acids is 1. The van der Waals surface area contributed by atoms with Crippen LogP contribution in [0.25, 0.3) is 0 Å². The number of methoxy groups -OCH3 is 1. The van der Waals surface area contributed by atoms with Crippen LogP contribution in [-0.4, -0.2) is 72.4 Å². The Morgan fingerprint density at radius 2 is 1.89 bits per heavy atom. The number of ether oxygens (including phenoxy) is 1. The molecule has 3 aromatic rings. The van der Waals surface area contributed by atoms with Gasteiger partial charge in [0.25, 0.3) is 11.5 Å². The topological polar surface area (TPSA) is 115 Å². The van der Waals surface area contributed by atoms with Crippen LogP contribution in [0.4, 0.5) is 22.9 Å². The van der Waals surface area contributed by atoms with E-state index in [1.807, 2.05) is 31.2 Å². The van der Waals surface area contributed by atoms with E-state index in [2.05, 4.69) is 35.6 Å². The van der Waals surface area contributed by atoms with Gasteiger partial charge in [-0.1, -0.05) is 0 Å². The summed E-state index contributed by atoms with van der Waals surface area (Å²) in [6.45, 7) is 7.65. The van der Waals surface area contributed by atoms with Crippen molar-refractivity contribution in [1.82, 2.24) is 20.1 Å². The zero-order valence-electron chi connectivity index (χ0n) is 20.1. The van der Waals surface area contributed by atoms with Gasteiger partial charge in [0.1, 0.15) is 5.56 Å². The first-order chi connectivity index (χ1) is 17.0. The maximum atomic E-state index is 13.0. The van der Waals surface area contributed by atoms with E-state index in [0.29, 0.717) is 17.2 Å². The van der Waals surface area contributed by atoms with E-state index in [-0.39, 0.29) is 5.56 Å². The molecule has 2 aromatic heterocycles. The lowest BCUT2D eigenvalue weighted by Gasteiger charge is -2.36. The quantitative estimate of drug-likeness (QED) is 0.403. The molecule has 1 aromatic carbocycles. The SMILES string of the molecule is COCCCN1CCN(c2ccc(NC(=O)c3c(Nc4nnccc4C)cc[nH]c3=O)cc2)CC1. The molecule has 1 saturated heterocycles. The van der Waals surface area contributed by atoms with Gasteiger partial charge in [-0.3, -0.25) is 14.5 Å². The first-order valence-electron chi connectivity index (χ1n) is 11.7. The molecule has 184 valence electrons. The number of piperazine rings is 1. The van der Waals surface area contributed by atoms with E-state index in [4.69, 9.17) is 4.74 Å². The molecule has 0 spiro atoms. The van der Waals surface area contributed by atoms with Gasteiger partial charge in [-0.15, -0.1) is 5.10 Å². The highest BCUT2D eigenvalue weighted by Gasteiger charge is 2.19. The average Bonchev–Trinajstić information content (AvgIpc) is 2.86. The Kier molecular flexibility index (Phi) is 8.07. The molecular formula is C25H31N7O3. The molecule has 35 heavy (non-hydrogen) atoms. The minimum Gasteiger partial charge on any atom is -0.385 e. The summed E-state index contributed by atoms with van der Waals surface area (Å²) in [5.41, 5.74) is 2.41. The minimum absolute atomic E-state index is 0.0220. The first-order valence-corrected chi connectivity index (χ1v) is 11.7. The monoisotopic (exact) mass is 477 g/mol. The van der Waals surface area contributed by atoms with Gasteiger partial charge in [-0.05, 0) is 55.3 Å². The number of rotatable bonds is 9. The number of nitrogens with one attached hydrogen (secondary N) is 3. The van der Waals surface area contributed by atoms with Crippen LogP contribution in [0, 0.1) is 6.92 Å². The standard InChI is InChI=1S/C25H31N7O3/c1-18-8-11-27-30-23(18)29-21-9-10-26-24(33)22(21)25(34)28-19-4-6-20(7-5-19)32-15-13-31(14-16-32)12-3-17-35-2/h4-11H,3,12-17H2,1-2H3,(H,28,34)(H2,26,29,30,33). The molecule has 0 aliphatic carbocycles. The Labute approximate surface area is 204 Å². The summed E-state index contributed by atoms with van der Waals surface area (Å²) in [6, 6.07) is 11.1. The molecule has 0 bridgehead atoms. The number of carbonyl (C=O) groups is 1. The van der Waals surface area contributed by atoms with E-state index in [9.17, 15) is 9.59 Å². The Balaban J connectivity index is 1.40. The molecule has 0 atom stereocenters. The number of pyridine rings is 1. The van der Waals surface area contributed by atoms with Gasteiger partial charge in [0, 0.05) is 64.0 Å². The molecule has 0 unspecified atom stereocenters. The van der Waals surface area contributed by atoms with E-state index in [0.717, 1.165) is 57.0 Å². The number of amides is 1. The fraction of sp³-hybridized carbons (Fsp3) is 0.360. The highest BCUT2D eigenvalue weighted by molar-refractivity contribution is 6.08. The molecule has 1 amide bonds. The molecule has 3 N–H and O–H groups in total. The molecule has 1 fully saturated rings. The van der Waals surface area contributed by atoms with Crippen molar-refractivity contribution in [2.75, 3.05) is 62.0 Å². The lowest BCUT2D eigenvalue weighted by Crippen LogP contribution is -2.46. The van der Waals surface area contributed by atoms with E-state index < -0.39 is 11.5 Å². The van der Waals surface area contributed by atoms with Crippen molar-refractivity contribution in [3.8, 4) is 0 Å². The number of aromatic amines is 1. The summed E-state index contributed by atoms with van der Waals surface area (Å²) < 4.78 is 5.14. The van der Waals surface area contributed by atoms with Gasteiger partial charge in [0.15, 0.2) is 5.82 Å². The molecule has 10 heteroatoms. The van der Waals surface area contributed by atoms with Gasteiger partial charge < -0.3 is 25.3 Å². The van der Waals surface area contributed by atoms with Crippen molar-refractivity contribution in [2.24, 2.45) is 0 Å². The van der Waals surface area contributed by atoms with Crippen LogP contribution in [0.3, 0.4) is 0 Å². The second kappa shape index (κ2) is 11.6. The van der Waals surface area contributed by atoms with Gasteiger partial charge in [0.2, 0.25) is 0 Å². The second-order valence-electron chi connectivity index (χ2n) is 8.46. The van der Waals surface area contributed by atoms with Crippen molar-refractivity contribution in [3.63, 3.8) is 0 Å². The third-order valence-electron chi connectivity index (χ3n) is 6.05. The van der Waals surface area contributed by atoms with E-state index in [1.165, 1.54) is 6.20 Å². The Morgan fingerprint density at radius 3 is 2.60 bits per heavy atom. The van der Waals surface area contributed by atoms with Gasteiger partial charge in [-0.25, -0.2) is 0 Å². The van der Waals surface area contributed by atoms with Crippen molar-refractivity contribution >= 4 is 28.8 Å². The van der Waals surface area contributed by atoms with Crippen LogP contribution >= 0.6 is 0 Å². The van der Waals surface area contributed by atoms with Crippen LogP contribution in [0.2, 0.25) is 0 Å². The molecule has 1 aliphatic rings. The third-order valence-corrected chi connectivity index (χ3v) is 6.05. The Morgan fingerprint density at radius 1 is 1.11 bits per heavy atom. The molecule has 4 rings (SSSR count). The molecule has 0 saturated carbocycles. The predicted molar refractivity (Wildman–Crippen MR) is 137 cm³/mol. The number of benzene rings is 1. The van der Waals surface area contributed by atoms with Gasteiger partial charge in [0.05, 0.1) is 11.9 Å². The van der Waals surface area contributed by atoms with E-state index in [1.54, 1.807) is 25.4 Å². The maximum Gasteiger partial charge on any atom is 0.263 e. The van der Waals surface area contributed by atoms with Crippen LogP contribution in [0.1, 0.15) is 22.3 Å². The smallest absolute Gasteiger partial charge is 0.263 e. The molecule has 3 heterocycles. The maximum absolute atomic E-state index is 13.0. The molecule has 10 nitrogen and oxygen atoms in total.